The summed E-state index contributed by atoms with van der Waals surface area (Å²) in [5.41, 5.74) is 19.6. The van der Waals surface area contributed by atoms with Crippen LogP contribution in [0, 0.1) is 0 Å². The molecule has 1 aliphatic heterocycles. The van der Waals surface area contributed by atoms with E-state index in [4.69, 9.17) is 31.9 Å². The molecule has 0 unspecified atom stereocenters. The minimum absolute atomic E-state index is 0.269. The van der Waals surface area contributed by atoms with Crippen LogP contribution in [-0.2, 0) is 19.2 Å². The van der Waals surface area contributed by atoms with Crippen LogP contribution in [0.3, 0.4) is 0 Å². The van der Waals surface area contributed by atoms with Gasteiger partial charge in [0.2, 0.25) is 0 Å². The van der Waals surface area contributed by atoms with E-state index in [1.807, 2.05) is 0 Å². The Morgan fingerprint density at radius 2 is 1.39 bits per heavy atom. The number of nitrogens with two attached hydrogens (primary N) is 4. The lowest BCUT2D eigenvalue weighted by molar-refractivity contribution is -0.139. The number of rotatable bonds is 8. The minimum atomic E-state index is -0.968. The Morgan fingerprint density at radius 3 is 1.61 bits per heavy atom. The monoisotopic (exact) mass is 411 g/mol. The zero-order valence-electron chi connectivity index (χ0n) is 15.7. The van der Waals surface area contributed by atoms with Crippen molar-refractivity contribution in [1.82, 2.24) is 5.32 Å². The highest BCUT2D eigenvalue weighted by Gasteiger charge is 2.20. The lowest BCUT2D eigenvalue weighted by Gasteiger charge is -2.03. The van der Waals surface area contributed by atoms with Gasteiger partial charge < -0.3 is 48.7 Å². The van der Waals surface area contributed by atoms with E-state index in [1.54, 1.807) is 0 Å². The Hall–Kier alpha value is -2.32. The van der Waals surface area contributed by atoms with E-state index in [0.717, 1.165) is 32.2 Å². The van der Waals surface area contributed by atoms with E-state index in [0.29, 0.717) is 13.0 Å². The van der Waals surface area contributed by atoms with Crippen LogP contribution in [0.25, 0.3) is 0 Å². The summed E-state index contributed by atoms with van der Waals surface area (Å²) >= 11 is 0. The summed E-state index contributed by atoms with van der Waals surface area (Å²) in [4.78, 5) is 38.8. The maximum Gasteiger partial charge on any atom is 0.320 e. The van der Waals surface area contributed by atoms with Gasteiger partial charge in [0.15, 0.2) is 0 Å². The van der Waals surface area contributed by atoms with Crippen LogP contribution >= 0.6 is 0 Å². The van der Waals surface area contributed by atoms with Gasteiger partial charge in [0, 0.05) is 0 Å². The van der Waals surface area contributed by atoms with Gasteiger partial charge in [-0.15, -0.1) is 0 Å². The van der Waals surface area contributed by atoms with Gasteiger partial charge in [-0.1, -0.05) is 6.42 Å². The van der Waals surface area contributed by atoms with Crippen LogP contribution in [0.1, 0.15) is 32.1 Å². The number of carbonyl (C=O) groups is 4. The molecule has 0 aromatic rings. The quantitative estimate of drug-likeness (QED) is 0.186. The van der Waals surface area contributed by atoms with Crippen molar-refractivity contribution >= 4 is 23.9 Å². The highest BCUT2D eigenvalue weighted by atomic mass is 16.4. The number of hydrogen-bond donors (Lipinski definition) is 9. The molecule has 1 heterocycles. The first-order valence-corrected chi connectivity index (χ1v) is 8.51. The zero-order chi connectivity index (χ0) is 22.5. The molecule has 0 aromatic heterocycles. The summed E-state index contributed by atoms with van der Waals surface area (Å²) in [6.07, 6.45) is 3.95. The van der Waals surface area contributed by atoms with E-state index in [2.05, 4.69) is 16.8 Å². The maximum absolute atomic E-state index is 10.1. The lowest BCUT2D eigenvalue weighted by atomic mass is 10.1. The van der Waals surface area contributed by atoms with Gasteiger partial charge in [0.05, 0.1) is 13.1 Å². The molecule has 0 aliphatic carbocycles. The fraction of sp³-hybridized carbons (Fsp3) is 0.733. The third kappa shape index (κ3) is 25.9. The van der Waals surface area contributed by atoms with Crippen molar-refractivity contribution < 1.29 is 39.6 Å². The van der Waals surface area contributed by atoms with Crippen LogP contribution in [0.4, 0.5) is 0 Å². The topological polar surface area (TPSA) is 265 Å². The van der Waals surface area contributed by atoms with Crippen LogP contribution in [0.5, 0.6) is 0 Å². The number of hydrogen-bond acceptors (Lipinski definition) is 9. The van der Waals surface area contributed by atoms with Crippen LogP contribution in [0.2, 0.25) is 0 Å². The van der Waals surface area contributed by atoms with Crippen molar-refractivity contribution in [3.63, 3.8) is 0 Å². The molecule has 1 rings (SSSR count). The summed E-state index contributed by atoms with van der Waals surface area (Å²) < 4.78 is 0. The molecule has 13 heteroatoms. The maximum atomic E-state index is 10.1. The van der Waals surface area contributed by atoms with Gasteiger partial charge >= 0.3 is 23.9 Å². The molecule has 13 N–H and O–H groups in total. The number of carboxylic acid groups (broad SMARTS) is 4. The average Bonchev–Trinajstić information content (AvgIpc) is 3.18. The second-order valence-corrected chi connectivity index (χ2v) is 5.41. The lowest BCUT2D eigenvalue weighted by Crippen LogP contribution is -2.29. The molecule has 1 aliphatic rings. The van der Waals surface area contributed by atoms with Crippen LogP contribution in [-0.4, -0.2) is 82.6 Å². The first-order valence-electron chi connectivity index (χ1n) is 8.51. The minimum Gasteiger partial charge on any atom is -0.480 e. The van der Waals surface area contributed by atoms with Gasteiger partial charge in [0.1, 0.15) is 12.1 Å². The van der Waals surface area contributed by atoms with Crippen molar-refractivity contribution in [3.05, 3.63) is 0 Å². The first-order chi connectivity index (χ1) is 13.0. The Labute approximate surface area is 163 Å². The van der Waals surface area contributed by atoms with E-state index in [-0.39, 0.29) is 19.1 Å². The molecule has 0 aromatic carbocycles. The normalized spacial score (nSPS) is 15.4. The van der Waals surface area contributed by atoms with Gasteiger partial charge in [-0.25, -0.2) is 0 Å². The SMILES string of the molecule is NCC(=O)O.NCC(=O)O.NCCCC[C@H](N)C(=O)O.O=C(O)[C@@H]1CCCN1. The largest absolute Gasteiger partial charge is 0.480 e. The van der Waals surface area contributed by atoms with Gasteiger partial charge in [-0.2, -0.15) is 0 Å². The summed E-state index contributed by atoms with van der Waals surface area (Å²) in [6.45, 7) is 0.906. The van der Waals surface area contributed by atoms with Crippen molar-refractivity contribution in [2.75, 3.05) is 26.2 Å². The first kappa shape index (κ1) is 30.4. The summed E-state index contributed by atoms with van der Waals surface area (Å²) in [5, 5.41) is 34.7. The highest BCUT2D eigenvalue weighted by Crippen LogP contribution is 2.03. The van der Waals surface area contributed by atoms with Crippen molar-refractivity contribution in [3.8, 4) is 0 Å². The molecule has 166 valence electrons. The summed E-state index contributed by atoms with van der Waals surface area (Å²) in [5.74, 6) is -3.59. The molecule has 13 nitrogen and oxygen atoms in total. The molecular weight excluding hydrogens is 378 g/mol. The van der Waals surface area contributed by atoms with Crippen molar-refractivity contribution in [2.24, 2.45) is 22.9 Å². The number of carboxylic acids is 4. The molecular formula is C15H33N5O8. The summed E-state index contributed by atoms with van der Waals surface area (Å²) in [6, 6.07) is -0.985. The standard InChI is InChI=1S/C6H14N2O2.C5H9NO2.2C2H5NO2/c7-4-2-1-3-5(8)6(9)10;7-5(8)4-2-1-3-6-4;2*3-1-2(4)5/h5H,1-4,7-8H2,(H,9,10);4,6H,1-3H2,(H,7,8);2*1,3H2,(H,4,5)/t5-;4-;;/m00../s1. The van der Waals surface area contributed by atoms with Gasteiger partial charge in [0.25, 0.3) is 0 Å². The fourth-order valence-electron chi connectivity index (χ4n) is 1.53. The third-order valence-electron chi connectivity index (χ3n) is 2.99. The molecule has 1 fully saturated rings. The van der Waals surface area contributed by atoms with E-state index >= 15 is 0 Å². The Bertz CT molecular complexity index is 430. The Kier molecular flexibility index (Phi) is 22.8. The van der Waals surface area contributed by atoms with E-state index < -0.39 is 29.9 Å². The highest BCUT2D eigenvalue weighted by molar-refractivity contribution is 5.73. The molecule has 0 saturated carbocycles. The third-order valence-corrected chi connectivity index (χ3v) is 2.99. The molecule has 0 amide bonds. The second-order valence-electron chi connectivity index (χ2n) is 5.41. The molecule has 28 heavy (non-hydrogen) atoms. The molecule has 1 saturated heterocycles. The predicted molar refractivity (Wildman–Crippen MR) is 101 cm³/mol. The molecule has 0 radical (unpaired) electrons. The molecule has 0 spiro atoms. The number of aliphatic carboxylic acids is 4. The van der Waals surface area contributed by atoms with Crippen LogP contribution < -0.4 is 28.3 Å². The predicted octanol–water partition coefficient (Wildman–Crippen LogP) is -2.59. The summed E-state index contributed by atoms with van der Waals surface area (Å²) in [7, 11) is 0. The van der Waals surface area contributed by atoms with E-state index in [1.165, 1.54) is 0 Å². The van der Waals surface area contributed by atoms with E-state index in [9.17, 15) is 19.2 Å². The number of unbranched alkanes of at least 4 members (excludes halogenated alkanes) is 1. The molecule has 0 bridgehead atoms. The average molecular weight is 411 g/mol. The Morgan fingerprint density at radius 1 is 0.929 bits per heavy atom. The van der Waals surface area contributed by atoms with Crippen LogP contribution in [0.15, 0.2) is 0 Å². The number of nitrogens with one attached hydrogen (secondary N) is 1. The van der Waals surface area contributed by atoms with Gasteiger partial charge in [-0.05, 0) is 38.8 Å². The Balaban J connectivity index is -0.000000312. The smallest absolute Gasteiger partial charge is 0.320 e. The van der Waals surface area contributed by atoms with Gasteiger partial charge in [-0.3, -0.25) is 19.2 Å². The second kappa shape index (κ2) is 21.0. The van der Waals surface area contributed by atoms with Crippen molar-refractivity contribution in [1.29, 1.82) is 0 Å². The fourth-order valence-corrected chi connectivity index (χ4v) is 1.53. The molecule has 2 atom stereocenters. The zero-order valence-corrected chi connectivity index (χ0v) is 15.7. The van der Waals surface area contributed by atoms with Crippen molar-refractivity contribution in [2.45, 2.75) is 44.2 Å².